The molecule has 3 heterocycles. The third kappa shape index (κ3) is 4.06. The van der Waals surface area contributed by atoms with Gasteiger partial charge in [0.15, 0.2) is 0 Å². The Morgan fingerprint density at radius 1 is 1.11 bits per heavy atom. The van der Waals surface area contributed by atoms with Gasteiger partial charge in [0.2, 0.25) is 0 Å². The van der Waals surface area contributed by atoms with Gasteiger partial charge in [0.25, 0.3) is 0 Å². The number of nitrogens with zero attached hydrogens (tertiary/aromatic N) is 3. The number of rotatable bonds is 5. The molecule has 27 heavy (non-hydrogen) atoms. The number of thioether (sulfide) groups is 1. The van der Waals surface area contributed by atoms with Gasteiger partial charge in [-0.05, 0) is 42.6 Å². The molecule has 0 saturated heterocycles. The van der Waals surface area contributed by atoms with Crippen molar-refractivity contribution in [3.63, 3.8) is 0 Å². The zero-order valence-electron chi connectivity index (χ0n) is 14.1. The normalized spacial score (nSPS) is 11.1. The molecule has 0 aliphatic carbocycles. The zero-order valence-corrected chi connectivity index (χ0v) is 17.4. The minimum Gasteiger partial charge on any atom is -0.240 e. The monoisotopic (exact) mass is 433 g/mol. The molecule has 0 bridgehead atoms. The van der Waals surface area contributed by atoms with E-state index in [9.17, 15) is 4.39 Å². The molecular weight excluding hydrogens is 421 g/mol. The summed E-state index contributed by atoms with van der Waals surface area (Å²) >= 11 is 10.8. The Labute approximate surface area is 173 Å². The van der Waals surface area contributed by atoms with E-state index in [-0.39, 0.29) is 5.82 Å². The average molecular weight is 434 g/mol. The fourth-order valence-electron chi connectivity index (χ4n) is 2.47. The first-order chi connectivity index (χ1) is 13.1. The van der Waals surface area contributed by atoms with Gasteiger partial charge < -0.3 is 0 Å². The third-order valence-corrected chi connectivity index (χ3v) is 7.35. The Morgan fingerprint density at radius 2 is 2.00 bits per heavy atom. The predicted molar refractivity (Wildman–Crippen MR) is 112 cm³/mol. The van der Waals surface area contributed by atoms with E-state index in [4.69, 9.17) is 11.6 Å². The molecule has 0 atom stereocenters. The Morgan fingerprint density at radius 3 is 2.70 bits per heavy atom. The maximum absolute atomic E-state index is 13.9. The SMILES string of the molecule is Cc1nc(-c2cccs2)sc1-c1ccc(SCc2c(F)cccc2Cl)nn1. The zero-order chi connectivity index (χ0) is 18.8. The number of hydrogen-bond acceptors (Lipinski definition) is 6. The summed E-state index contributed by atoms with van der Waals surface area (Å²) < 4.78 is 13.9. The standard InChI is InChI=1S/C19H13ClFN3S3/c1-11-18(27-19(22-11)16-6-3-9-25-16)15-7-8-17(24-23-15)26-10-12-13(20)4-2-5-14(12)21/h2-9H,10H2,1H3. The largest absolute Gasteiger partial charge is 0.240 e. The summed E-state index contributed by atoms with van der Waals surface area (Å²) in [5, 5.41) is 12.8. The van der Waals surface area contributed by atoms with E-state index in [1.807, 2.05) is 30.5 Å². The number of benzene rings is 1. The van der Waals surface area contributed by atoms with Crippen LogP contribution < -0.4 is 0 Å². The molecule has 0 fully saturated rings. The summed E-state index contributed by atoms with van der Waals surface area (Å²) in [6.45, 7) is 1.98. The lowest BCUT2D eigenvalue weighted by Gasteiger charge is -2.05. The van der Waals surface area contributed by atoms with Crippen LogP contribution in [0, 0.1) is 12.7 Å². The van der Waals surface area contributed by atoms with Crippen molar-refractivity contribution in [2.75, 3.05) is 0 Å². The molecule has 0 saturated carbocycles. The molecule has 4 aromatic rings. The van der Waals surface area contributed by atoms with Crippen molar-refractivity contribution in [3.05, 3.63) is 69.9 Å². The van der Waals surface area contributed by atoms with Crippen molar-refractivity contribution in [1.82, 2.24) is 15.2 Å². The summed E-state index contributed by atoms with van der Waals surface area (Å²) in [5.74, 6) is 0.0998. The number of halogens is 2. The highest BCUT2D eigenvalue weighted by Crippen LogP contribution is 2.36. The molecule has 0 aliphatic heterocycles. The first-order valence-electron chi connectivity index (χ1n) is 8.03. The van der Waals surface area contributed by atoms with Crippen LogP contribution in [0.2, 0.25) is 5.02 Å². The van der Waals surface area contributed by atoms with Crippen molar-refractivity contribution < 1.29 is 4.39 Å². The van der Waals surface area contributed by atoms with Crippen molar-refractivity contribution >= 4 is 46.0 Å². The fourth-order valence-corrected chi connectivity index (χ4v) is 5.46. The molecule has 0 aliphatic rings. The molecule has 0 radical (unpaired) electrons. The van der Waals surface area contributed by atoms with Gasteiger partial charge in [-0.25, -0.2) is 9.37 Å². The molecule has 3 nitrogen and oxygen atoms in total. The smallest absolute Gasteiger partial charge is 0.134 e. The summed E-state index contributed by atoms with van der Waals surface area (Å²) in [4.78, 5) is 6.81. The van der Waals surface area contributed by atoms with Gasteiger partial charge >= 0.3 is 0 Å². The minimum absolute atomic E-state index is 0.305. The lowest BCUT2D eigenvalue weighted by molar-refractivity contribution is 0.617. The summed E-state index contributed by atoms with van der Waals surface area (Å²) in [6, 6.07) is 12.6. The van der Waals surface area contributed by atoms with Crippen molar-refractivity contribution in [3.8, 4) is 20.5 Å². The maximum Gasteiger partial charge on any atom is 0.134 e. The molecule has 1 aromatic carbocycles. The highest BCUT2D eigenvalue weighted by atomic mass is 35.5. The fraction of sp³-hybridized carbons (Fsp3) is 0.105. The topological polar surface area (TPSA) is 38.7 Å². The number of thiophene rings is 1. The van der Waals surface area contributed by atoms with Gasteiger partial charge in [-0.1, -0.05) is 35.5 Å². The van der Waals surface area contributed by atoms with Gasteiger partial charge in [-0.15, -0.1) is 32.9 Å². The lowest BCUT2D eigenvalue weighted by atomic mass is 10.2. The van der Waals surface area contributed by atoms with Gasteiger partial charge in [-0.2, -0.15) is 0 Å². The first-order valence-corrected chi connectivity index (χ1v) is 11.1. The summed E-state index contributed by atoms with van der Waals surface area (Å²) in [5.41, 5.74) is 2.21. The molecule has 0 N–H and O–H groups in total. The second-order valence-corrected chi connectivity index (χ2v) is 9.01. The molecule has 0 spiro atoms. The van der Waals surface area contributed by atoms with Crippen LogP contribution in [0.3, 0.4) is 0 Å². The van der Waals surface area contributed by atoms with E-state index in [1.54, 1.807) is 34.8 Å². The molecule has 4 rings (SSSR count). The quantitative estimate of drug-likeness (QED) is 0.327. The molecular formula is C19H13ClFN3S3. The highest BCUT2D eigenvalue weighted by Gasteiger charge is 2.14. The highest BCUT2D eigenvalue weighted by molar-refractivity contribution is 7.98. The van der Waals surface area contributed by atoms with Gasteiger partial charge in [0.1, 0.15) is 21.5 Å². The van der Waals surface area contributed by atoms with Crippen LogP contribution in [-0.4, -0.2) is 15.2 Å². The van der Waals surface area contributed by atoms with E-state index in [2.05, 4.69) is 21.2 Å². The minimum atomic E-state index is -0.305. The maximum atomic E-state index is 13.9. The molecule has 0 unspecified atom stereocenters. The molecule has 0 amide bonds. The van der Waals surface area contributed by atoms with Crippen LogP contribution in [0.1, 0.15) is 11.3 Å². The number of aryl methyl sites for hydroxylation is 1. The molecule has 136 valence electrons. The van der Waals surface area contributed by atoms with Gasteiger partial charge in [-0.3, -0.25) is 0 Å². The Hall–Kier alpha value is -1.80. The Kier molecular flexibility index (Phi) is 5.54. The van der Waals surface area contributed by atoms with Crippen LogP contribution in [-0.2, 0) is 5.75 Å². The van der Waals surface area contributed by atoms with Gasteiger partial charge in [0.05, 0.1) is 15.4 Å². The second kappa shape index (κ2) is 8.06. The predicted octanol–water partition coefficient (Wildman–Crippen LogP) is 6.72. The van der Waals surface area contributed by atoms with E-state index >= 15 is 0 Å². The summed E-state index contributed by atoms with van der Waals surface area (Å²) in [7, 11) is 0. The number of aromatic nitrogens is 3. The first kappa shape index (κ1) is 18.6. The third-order valence-electron chi connectivity index (χ3n) is 3.83. The molecule has 8 heteroatoms. The van der Waals surface area contributed by atoms with Crippen molar-refractivity contribution in [2.24, 2.45) is 0 Å². The lowest BCUT2D eigenvalue weighted by Crippen LogP contribution is -1.92. The number of hydrogen-bond donors (Lipinski definition) is 0. The number of thiazole rings is 1. The van der Waals surface area contributed by atoms with Crippen molar-refractivity contribution in [2.45, 2.75) is 17.7 Å². The van der Waals surface area contributed by atoms with Crippen LogP contribution in [0.5, 0.6) is 0 Å². The van der Waals surface area contributed by atoms with Crippen LogP contribution in [0.4, 0.5) is 4.39 Å². The van der Waals surface area contributed by atoms with Crippen LogP contribution in [0.25, 0.3) is 20.5 Å². The second-order valence-electron chi connectivity index (χ2n) is 5.66. The van der Waals surface area contributed by atoms with E-state index in [1.165, 1.54) is 17.8 Å². The van der Waals surface area contributed by atoms with Crippen molar-refractivity contribution in [1.29, 1.82) is 0 Å². The van der Waals surface area contributed by atoms with Crippen LogP contribution >= 0.6 is 46.0 Å². The van der Waals surface area contributed by atoms with E-state index in [0.717, 1.165) is 31.2 Å². The Balaban J connectivity index is 1.51. The van der Waals surface area contributed by atoms with Gasteiger partial charge in [0, 0.05) is 16.3 Å². The molecule has 3 aromatic heterocycles. The van der Waals surface area contributed by atoms with E-state index in [0.29, 0.717) is 16.3 Å². The Bertz CT molecular complexity index is 1040. The van der Waals surface area contributed by atoms with Crippen LogP contribution in [0.15, 0.2) is 52.9 Å². The summed E-state index contributed by atoms with van der Waals surface area (Å²) in [6.07, 6.45) is 0. The van der Waals surface area contributed by atoms with E-state index < -0.39 is 0 Å². The average Bonchev–Trinajstić information content (AvgIpc) is 3.31.